The first-order chi connectivity index (χ1) is 15.7. The van der Waals surface area contributed by atoms with Crippen molar-refractivity contribution in [3.63, 3.8) is 0 Å². The zero-order chi connectivity index (χ0) is 22.2. The molecule has 1 heterocycles. The Morgan fingerprint density at radius 3 is 2.56 bits per heavy atom. The Labute approximate surface area is 192 Å². The first-order valence-electron chi connectivity index (χ1n) is 12.2. The summed E-state index contributed by atoms with van der Waals surface area (Å²) in [5.74, 6) is 1.59. The van der Waals surface area contributed by atoms with Gasteiger partial charge in [-0.1, -0.05) is 75.1 Å². The van der Waals surface area contributed by atoms with Crippen LogP contribution in [-0.2, 0) is 0 Å². The third-order valence-electron chi connectivity index (χ3n) is 6.84. The van der Waals surface area contributed by atoms with E-state index in [4.69, 9.17) is 0 Å². The summed E-state index contributed by atoms with van der Waals surface area (Å²) in [5, 5.41) is 4.28. The van der Waals surface area contributed by atoms with Crippen LogP contribution in [0.15, 0.2) is 73.1 Å². The summed E-state index contributed by atoms with van der Waals surface area (Å²) in [5.41, 5.74) is 3.91. The van der Waals surface area contributed by atoms with Gasteiger partial charge in [-0.3, -0.25) is 9.78 Å². The maximum absolute atomic E-state index is 12.6. The average Bonchev–Trinajstić information content (AvgIpc) is 2.85. The van der Waals surface area contributed by atoms with Gasteiger partial charge < -0.3 is 5.32 Å². The summed E-state index contributed by atoms with van der Waals surface area (Å²) in [6.07, 6.45) is 15.8. The number of ketones is 1. The number of fused-ring (bicyclic) bond motifs is 1. The highest BCUT2D eigenvalue weighted by Crippen LogP contribution is 2.37. The third-order valence-corrected chi connectivity index (χ3v) is 6.84. The molecule has 3 heteroatoms. The van der Waals surface area contributed by atoms with E-state index in [0.717, 1.165) is 28.1 Å². The van der Waals surface area contributed by atoms with Crippen molar-refractivity contribution in [3.8, 4) is 0 Å². The summed E-state index contributed by atoms with van der Waals surface area (Å²) >= 11 is 0. The predicted molar refractivity (Wildman–Crippen MR) is 134 cm³/mol. The van der Waals surface area contributed by atoms with E-state index in [9.17, 15) is 4.79 Å². The van der Waals surface area contributed by atoms with Crippen LogP contribution in [0.25, 0.3) is 10.9 Å². The molecular weight excluding hydrogens is 392 g/mol. The number of nitrogens with one attached hydrogen (secondary N) is 1. The van der Waals surface area contributed by atoms with Gasteiger partial charge in [0, 0.05) is 29.4 Å². The maximum Gasteiger partial charge on any atom is 0.187 e. The number of unbranched alkanes of at least 4 members (excludes halogenated alkanes) is 2. The van der Waals surface area contributed by atoms with Gasteiger partial charge in [0.05, 0.1) is 11.2 Å². The van der Waals surface area contributed by atoms with Gasteiger partial charge in [-0.15, -0.1) is 0 Å². The van der Waals surface area contributed by atoms with Crippen LogP contribution in [0.1, 0.15) is 80.1 Å². The summed E-state index contributed by atoms with van der Waals surface area (Å²) < 4.78 is 0. The lowest BCUT2D eigenvalue weighted by Crippen LogP contribution is -2.13. The van der Waals surface area contributed by atoms with Crippen molar-refractivity contribution in [1.29, 1.82) is 0 Å². The highest BCUT2D eigenvalue weighted by molar-refractivity contribution is 6.04. The van der Waals surface area contributed by atoms with E-state index in [1.54, 1.807) is 18.5 Å². The van der Waals surface area contributed by atoms with E-state index in [-0.39, 0.29) is 5.78 Å². The smallest absolute Gasteiger partial charge is 0.187 e. The highest BCUT2D eigenvalue weighted by atomic mass is 16.1. The number of rotatable bonds is 9. The molecule has 0 aliphatic heterocycles. The molecule has 166 valence electrons. The summed E-state index contributed by atoms with van der Waals surface area (Å²) in [7, 11) is 0. The molecule has 1 aliphatic carbocycles. The molecule has 0 spiro atoms. The van der Waals surface area contributed by atoms with Crippen molar-refractivity contribution in [3.05, 3.63) is 84.2 Å². The molecule has 0 saturated heterocycles. The predicted octanol–water partition coefficient (Wildman–Crippen LogP) is 7.90. The van der Waals surface area contributed by atoms with Gasteiger partial charge >= 0.3 is 0 Å². The minimum Gasteiger partial charge on any atom is -0.360 e. The minimum atomic E-state index is 0.0110. The number of nitrogens with zero attached hydrogens (tertiary/aromatic N) is 1. The number of anilines is 1. The Balaban J connectivity index is 1.30. The second-order valence-corrected chi connectivity index (χ2v) is 9.06. The molecule has 32 heavy (non-hydrogen) atoms. The largest absolute Gasteiger partial charge is 0.360 e. The van der Waals surface area contributed by atoms with Gasteiger partial charge in [0.15, 0.2) is 5.78 Å². The van der Waals surface area contributed by atoms with Crippen molar-refractivity contribution in [2.45, 2.75) is 64.2 Å². The van der Waals surface area contributed by atoms with Gasteiger partial charge in [-0.05, 0) is 55.2 Å². The van der Waals surface area contributed by atoms with Gasteiger partial charge in [0.1, 0.15) is 0 Å². The fraction of sp³-hybridized carbons (Fsp3) is 0.379. The Morgan fingerprint density at radius 1 is 1.00 bits per heavy atom. The number of benzene rings is 2. The molecule has 2 aromatic carbocycles. The second kappa shape index (κ2) is 11.1. The molecule has 0 amide bonds. The van der Waals surface area contributed by atoms with Gasteiger partial charge in [0.2, 0.25) is 0 Å². The quantitative estimate of drug-likeness (QED) is 0.215. The van der Waals surface area contributed by atoms with Crippen LogP contribution < -0.4 is 5.32 Å². The zero-order valence-electron chi connectivity index (χ0n) is 19.1. The first-order valence-corrected chi connectivity index (χ1v) is 12.2. The van der Waals surface area contributed by atoms with Gasteiger partial charge in [-0.2, -0.15) is 0 Å². The molecule has 4 rings (SSSR count). The van der Waals surface area contributed by atoms with Crippen molar-refractivity contribution in [2.24, 2.45) is 5.92 Å². The lowest BCUT2D eigenvalue weighted by molar-refractivity contribution is 0.104. The molecule has 3 aromatic rings. The molecule has 1 N–H and O–H groups in total. The van der Waals surface area contributed by atoms with Crippen LogP contribution in [0.4, 0.5) is 5.69 Å². The number of aromatic nitrogens is 1. The fourth-order valence-corrected chi connectivity index (χ4v) is 4.91. The lowest BCUT2D eigenvalue weighted by atomic mass is 9.77. The molecule has 1 aliphatic rings. The number of hydrogen-bond acceptors (Lipinski definition) is 3. The number of para-hydroxylation sites is 1. The number of pyridine rings is 1. The molecule has 1 aromatic heterocycles. The van der Waals surface area contributed by atoms with E-state index in [0.29, 0.717) is 5.92 Å². The summed E-state index contributed by atoms with van der Waals surface area (Å²) in [4.78, 5) is 17.0. The van der Waals surface area contributed by atoms with Crippen LogP contribution >= 0.6 is 0 Å². The zero-order valence-corrected chi connectivity index (χ0v) is 19.1. The summed E-state index contributed by atoms with van der Waals surface area (Å²) in [6, 6.07) is 18.2. The standard InChI is InChI=1S/C29H34N2O/c1-2-3-4-7-22-11-13-23(14-12-22)24-15-17-25(18-16-24)28(32)19-21-30-27-10-5-8-26-9-6-20-31-29(26)27/h5-6,8-10,15-23,30H,2-4,7,11-14H2,1H3. The van der Waals surface area contributed by atoms with Gasteiger partial charge in [0.25, 0.3) is 0 Å². The van der Waals surface area contributed by atoms with Crippen LogP contribution in [0.2, 0.25) is 0 Å². The highest BCUT2D eigenvalue weighted by Gasteiger charge is 2.22. The van der Waals surface area contributed by atoms with E-state index < -0.39 is 0 Å². The lowest BCUT2D eigenvalue weighted by Gasteiger charge is -2.29. The third kappa shape index (κ3) is 5.64. The minimum absolute atomic E-state index is 0.0110. The van der Waals surface area contributed by atoms with Crippen molar-refractivity contribution in [1.82, 2.24) is 4.98 Å². The van der Waals surface area contributed by atoms with Crippen molar-refractivity contribution < 1.29 is 4.79 Å². The van der Waals surface area contributed by atoms with Crippen LogP contribution in [0.5, 0.6) is 0 Å². The van der Waals surface area contributed by atoms with Crippen LogP contribution in [0, 0.1) is 5.92 Å². The van der Waals surface area contributed by atoms with E-state index in [1.807, 2.05) is 42.5 Å². The van der Waals surface area contributed by atoms with Crippen LogP contribution in [0.3, 0.4) is 0 Å². The maximum atomic E-state index is 12.6. The number of carbonyl (C=O) groups is 1. The number of carbonyl (C=O) groups excluding carboxylic acids is 1. The molecule has 1 saturated carbocycles. The molecule has 0 atom stereocenters. The second-order valence-electron chi connectivity index (χ2n) is 9.06. The number of hydrogen-bond donors (Lipinski definition) is 1. The Morgan fingerprint density at radius 2 is 1.78 bits per heavy atom. The monoisotopic (exact) mass is 426 g/mol. The Kier molecular flexibility index (Phi) is 7.71. The van der Waals surface area contributed by atoms with Crippen LogP contribution in [-0.4, -0.2) is 10.8 Å². The normalized spacial score (nSPS) is 18.8. The average molecular weight is 427 g/mol. The van der Waals surface area contributed by atoms with Gasteiger partial charge in [-0.25, -0.2) is 0 Å². The molecule has 0 unspecified atom stereocenters. The van der Waals surface area contributed by atoms with E-state index >= 15 is 0 Å². The molecule has 0 radical (unpaired) electrons. The summed E-state index contributed by atoms with van der Waals surface area (Å²) in [6.45, 7) is 2.28. The number of allylic oxidation sites excluding steroid dienone is 1. The topological polar surface area (TPSA) is 42.0 Å². The molecular formula is C29H34N2O. The molecule has 1 fully saturated rings. The molecule has 3 nitrogen and oxygen atoms in total. The van der Waals surface area contributed by atoms with Crippen molar-refractivity contribution >= 4 is 22.4 Å². The Hall–Kier alpha value is -2.94. The Bertz CT molecular complexity index is 1040. The van der Waals surface area contributed by atoms with Crippen molar-refractivity contribution in [2.75, 3.05) is 5.32 Å². The van der Waals surface area contributed by atoms with E-state index in [2.05, 4.69) is 29.4 Å². The first kappa shape index (κ1) is 22.3. The van der Waals surface area contributed by atoms with E-state index in [1.165, 1.54) is 56.9 Å². The fourth-order valence-electron chi connectivity index (χ4n) is 4.91. The SMILES string of the molecule is CCCCCC1CCC(c2ccc(C(=O)C=CNc3cccc4cccnc34)cc2)CC1. The molecule has 0 bridgehead atoms.